The molecule has 0 bridgehead atoms. The summed E-state index contributed by atoms with van der Waals surface area (Å²) in [4.78, 5) is 12.1. The second-order valence-electron chi connectivity index (χ2n) is 6.64. The van der Waals surface area contributed by atoms with Crippen molar-refractivity contribution in [2.75, 3.05) is 24.7 Å². The van der Waals surface area contributed by atoms with Gasteiger partial charge in [-0.1, -0.05) is 36.4 Å². The zero-order chi connectivity index (χ0) is 18.8. The summed E-state index contributed by atoms with van der Waals surface area (Å²) in [6, 6.07) is 20.2. The van der Waals surface area contributed by atoms with Crippen LogP contribution < -0.4 is 15.2 Å². The molecule has 5 nitrogen and oxygen atoms in total. The van der Waals surface area contributed by atoms with Gasteiger partial charge in [0.15, 0.2) is 0 Å². The lowest BCUT2D eigenvalue weighted by Gasteiger charge is -2.31. The minimum absolute atomic E-state index is 0.105. The van der Waals surface area contributed by atoms with Crippen molar-refractivity contribution in [2.45, 2.75) is 12.2 Å². The van der Waals surface area contributed by atoms with Gasteiger partial charge in [-0.15, -0.1) is 0 Å². The third-order valence-corrected chi connectivity index (χ3v) is 5.09. The Labute approximate surface area is 158 Å². The Morgan fingerprint density at radius 3 is 2.15 bits per heavy atom. The fourth-order valence-corrected chi connectivity index (χ4v) is 3.70. The van der Waals surface area contributed by atoms with Crippen LogP contribution >= 0.6 is 0 Å². The van der Waals surface area contributed by atoms with Crippen molar-refractivity contribution in [3.8, 4) is 5.75 Å². The summed E-state index contributed by atoms with van der Waals surface area (Å²) in [5, 5.41) is 9.48. The van der Waals surface area contributed by atoms with Gasteiger partial charge < -0.3 is 19.9 Å². The van der Waals surface area contributed by atoms with Crippen molar-refractivity contribution in [3.63, 3.8) is 0 Å². The van der Waals surface area contributed by atoms with E-state index in [0.29, 0.717) is 0 Å². The van der Waals surface area contributed by atoms with Gasteiger partial charge in [-0.25, -0.2) is 0 Å². The van der Waals surface area contributed by atoms with E-state index in [9.17, 15) is 4.79 Å². The van der Waals surface area contributed by atoms with Gasteiger partial charge in [0.05, 0.1) is 14.2 Å². The maximum atomic E-state index is 12.1. The lowest BCUT2D eigenvalue weighted by atomic mass is 9.56. The third kappa shape index (κ3) is 3.30. The lowest BCUT2D eigenvalue weighted by Crippen LogP contribution is -2.44. The summed E-state index contributed by atoms with van der Waals surface area (Å²) in [5.74, 6) is 0.443. The quantitative estimate of drug-likeness (QED) is 0.531. The van der Waals surface area contributed by atoms with E-state index in [2.05, 4.69) is 34.7 Å². The van der Waals surface area contributed by atoms with Crippen LogP contribution in [-0.4, -0.2) is 27.2 Å². The Bertz CT molecular complexity index is 934. The predicted octanol–water partition coefficient (Wildman–Crippen LogP) is 4.06. The largest absolute Gasteiger partial charge is 0.497 e. The van der Waals surface area contributed by atoms with Crippen LogP contribution in [0.1, 0.15) is 17.8 Å². The van der Waals surface area contributed by atoms with Crippen LogP contribution in [0.3, 0.4) is 0 Å². The Morgan fingerprint density at radius 2 is 1.59 bits per heavy atom. The van der Waals surface area contributed by atoms with Gasteiger partial charge in [0.1, 0.15) is 5.75 Å². The van der Waals surface area contributed by atoms with Gasteiger partial charge in [0.2, 0.25) is 0 Å². The summed E-state index contributed by atoms with van der Waals surface area (Å²) in [6.07, 6.45) is 0.269. The van der Waals surface area contributed by atoms with E-state index in [-0.39, 0.29) is 25.2 Å². The number of esters is 1. The summed E-state index contributed by atoms with van der Waals surface area (Å²) in [6.45, 7) is -0.141. The zero-order valence-corrected chi connectivity index (χ0v) is 15.4. The summed E-state index contributed by atoms with van der Waals surface area (Å²) in [5.41, 5.74) is 3.17. The molecule has 136 valence electrons. The average molecular weight is 360 g/mol. The fraction of sp³-hybridized carbons (Fsp3) is 0.190. The van der Waals surface area contributed by atoms with Crippen molar-refractivity contribution < 1.29 is 14.3 Å². The van der Waals surface area contributed by atoms with E-state index in [1.807, 2.05) is 36.4 Å². The highest BCUT2D eigenvalue weighted by molar-refractivity contribution is 6.69. The molecule has 2 N–H and O–H groups in total. The molecule has 0 spiro atoms. The molecule has 1 atom stereocenters. The molecule has 3 aromatic carbocycles. The molecule has 0 unspecified atom stereocenters. The smallest absolute Gasteiger partial charge is 0.378 e. The second-order valence-corrected chi connectivity index (χ2v) is 6.64. The van der Waals surface area contributed by atoms with Gasteiger partial charge >= 0.3 is 13.0 Å². The standard InChI is InChI=1S/C21H21BN2O3/c1-26-16-11-9-14(10-12-16)17(13-20(25)27-2)22-23-18-7-3-5-15-6-4-8-19(24-22)21(15)18/h3-12,17,23-24H,13H2,1-2H3/t17-/m1/s1. The third-order valence-electron chi connectivity index (χ3n) is 5.09. The molecule has 6 heteroatoms. The lowest BCUT2D eigenvalue weighted by molar-refractivity contribution is -0.140. The van der Waals surface area contributed by atoms with Gasteiger partial charge in [0, 0.05) is 29.0 Å². The molecule has 0 radical (unpaired) electrons. The van der Waals surface area contributed by atoms with E-state index in [0.717, 1.165) is 22.7 Å². The highest BCUT2D eigenvalue weighted by Gasteiger charge is 2.34. The van der Waals surface area contributed by atoms with E-state index >= 15 is 0 Å². The molecule has 0 saturated carbocycles. The van der Waals surface area contributed by atoms with E-state index in [1.54, 1.807) is 7.11 Å². The number of rotatable bonds is 5. The zero-order valence-electron chi connectivity index (χ0n) is 15.4. The van der Waals surface area contributed by atoms with Crippen molar-refractivity contribution >= 4 is 35.1 Å². The van der Waals surface area contributed by atoms with Crippen LogP contribution in [0.4, 0.5) is 11.4 Å². The highest BCUT2D eigenvalue weighted by Crippen LogP contribution is 2.37. The fourth-order valence-electron chi connectivity index (χ4n) is 3.70. The Hall–Kier alpha value is -3.15. The molecule has 27 heavy (non-hydrogen) atoms. The normalized spacial score (nSPS) is 13.5. The first kappa shape index (κ1) is 17.3. The molecule has 3 aromatic rings. The number of anilines is 2. The van der Waals surface area contributed by atoms with Gasteiger partial charge in [-0.2, -0.15) is 0 Å². The molecular formula is C21H21BN2O3. The number of methoxy groups -OCH3 is 2. The topological polar surface area (TPSA) is 59.6 Å². The number of hydrogen-bond donors (Lipinski definition) is 2. The van der Waals surface area contributed by atoms with Gasteiger partial charge in [0.25, 0.3) is 0 Å². The van der Waals surface area contributed by atoms with Crippen molar-refractivity contribution in [1.29, 1.82) is 0 Å². The molecular weight excluding hydrogens is 339 g/mol. The first-order chi connectivity index (χ1) is 13.2. The molecule has 0 saturated heterocycles. The number of benzene rings is 3. The number of nitrogens with one attached hydrogen (secondary N) is 2. The Balaban J connectivity index is 1.71. The van der Waals surface area contributed by atoms with Crippen LogP contribution in [0.25, 0.3) is 10.8 Å². The molecule has 1 aliphatic heterocycles. The highest BCUT2D eigenvalue weighted by atomic mass is 16.5. The van der Waals surface area contributed by atoms with Gasteiger partial charge in [-0.3, -0.25) is 4.79 Å². The van der Waals surface area contributed by atoms with Crippen LogP contribution in [-0.2, 0) is 9.53 Å². The van der Waals surface area contributed by atoms with Crippen LogP contribution in [0, 0.1) is 0 Å². The summed E-state index contributed by atoms with van der Waals surface area (Å²) in [7, 11) is 3.06. The molecule has 0 aliphatic carbocycles. The molecule has 1 heterocycles. The molecule has 0 aromatic heterocycles. The monoisotopic (exact) mass is 360 g/mol. The number of ether oxygens (including phenoxy) is 2. The van der Waals surface area contributed by atoms with Crippen molar-refractivity contribution in [1.82, 2.24) is 0 Å². The molecule has 4 rings (SSSR count). The van der Waals surface area contributed by atoms with Gasteiger partial charge in [-0.05, 0) is 35.2 Å². The summed E-state index contributed by atoms with van der Waals surface area (Å²) < 4.78 is 10.2. The number of carbonyl (C=O) groups excluding carboxylic acids is 1. The van der Waals surface area contributed by atoms with E-state index < -0.39 is 0 Å². The van der Waals surface area contributed by atoms with Crippen LogP contribution in [0.2, 0.25) is 0 Å². The van der Waals surface area contributed by atoms with E-state index in [1.165, 1.54) is 17.9 Å². The Kier molecular flexibility index (Phi) is 4.63. The minimum Gasteiger partial charge on any atom is -0.497 e. The molecule has 0 fully saturated rings. The predicted molar refractivity (Wildman–Crippen MR) is 109 cm³/mol. The van der Waals surface area contributed by atoms with Crippen molar-refractivity contribution in [2.24, 2.45) is 0 Å². The second kappa shape index (κ2) is 7.23. The van der Waals surface area contributed by atoms with E-state index in [4.69, 9.17) is 9.47 Å². The first-order valence-corrected chi connectivity index (χ1v) is 8.95. The van der Waals surface area contributed by atoms with Crippen LogP contribution in [0.5, 0.6) is 5.75 Å². The van der Waals surface area contributed by atoms with Crippen LogP contribution in [0.15, 0.2) is 60.7 Å². The maximum Gasteiger partial charge on any atom is 0.378 e. The first-order valence-electron chi connectivity index (χ1n) is 8.95. The summed E-state index contributed by atoms with van der Waals surface area (Å²) >= 11 is 0. The Morgan fingerprint density at radius 1 is 0.963 bits per heavy atom. The number of carbonyl (C=O) groups is 1. The SMILES string of the molecule is COC(=O)C[C@@H](B1Nc2cccc3cccc(c23)N1)c1ccc(OC)cc1. The average Bonchev–Trinajstić information content (AvgIpc) is 2.72. The molecule has 1 aliphatic rings. The molecule has 0 amide bonds. The number of hydrogen-bond acceptors (Lipinski definition) is 5. The minimum atomic E-state index is -0.239. The maximum absolute atomic E-state index is 12.1. The van der Waals surface area contributed by atoms with Crippen molar-refractivity contribution in [3.05, 3.63) is 66.2 Å².